The van der Waals surface area contributed by atoms with Crippen molar-refractivity contribution in [2.75, 3.05) is 7.11 Å². The molecule has 0 aliphatic rings. The molecular formula is C15H12F3NO4. The average molecular weight is 327 g/mol. The van der Waals surface area contributed by atoms with Gasteiger partial charge in [0.25, 0.3) is 0 Å². The van der Waals surface area contributed by atoms with E-state index in [1.54, 1.807) is 30.3 Å². The lowest BCUT2D eigenvalue weighted by molar-refractivity contribution is -0.139. The van der Waals surface area contributed by atoms with E-state index in [9.17, 15) is 18.0 Å². The molecule has 0 radical (unpaired) electrons. The molecule has 0 aliphatic carbocycles. The number of methoxy groups -OCH3 is 1. The standard InChI is InChI=1S/C15H12F3NO4/c1-21-14(20)23-12-8-7-11(15(16,17)18)13(19-12)22-9-10-5-3-2-4-6-10/h2-8H,9H2,1H3. The highest BCUT2D eigenvalue weighted by Gasteiger charge is 2.35. The second-order valence-electron chi connectivity index (χ2n) is 4.33. The minimum absolute atomic E-state index is 0.113. The maximum atomic E-state index is 13.0. The van der Waals surface area contributed by atoms with E-state index in [4.69, 9.17) is 4.74 Å². The van der Waals surface area contributed by atoms with Crippen LogP contribution < -0.4 is 9.47 Å². The zero-order valence-electron chi connectivity index (χ0n) is 12.0. The van der Waals surface area contributed by atoms with Crippen molar-refractivity contribution in [2.24, 2.45) is 0 Å². The second-order valence-corrected chi connectivity index (χ2v) is 4.33. The lowest BCUT2D eigenvalue weighted by Gasteiger charge is -2.14. The van der Waals surface area contributed by atoms with Crippen LogP contribution in [0.15, 0.2) is 42.5 Å². The molecule has 0 aliphatic heterocycles. The average Bonchev–Trinajstić information content (AvgIpc) is 2.53. The summed E-state index contributed by atoms with van der Waals surface area (Å²) in [6.07, 6.45) is -5.74. The summed E-state index contributed by atoms with van der Waals surface area (Å²) in [5, 5.41) is 0. The molecule has 0 N–H and O–H groups in total. The minimum Gasteiger partial charge on any atom is -0.472 e. The molecule has 0 bridgehead atoms. The number of hydrogen-bond acceptors (Lipinski definition) is 5. The van der Waals surface area contributed by atoms with Crippen molar-refractivity contribution >= 4 is 6.16 Å². The van der Waals surface area contributed by atoms with Crippen LogP contribution in [0, 0.1) is 0 Å². The van der Waals surface area contributed by atoms with E-state index in [1.165, 1.54) is 0 Å². The van der Waals surface area contributed by atoms with E-state index in [2.05, 4.69) is 14.5 Å². The number of pyridine rings is 1. The number of benzene rings is 1. The van der Waals surface area contributed by atoms with E-state index in [0.717, 1.165) is 19.2 Å². The van der Waals surface area contributed by atoms with Crippen molar-refractivity contribution in [1.29, 1.82) is 0 Å². The van der Waals surface area contributed by atoms with Gasteiger partial charge in [-0.25, -0.2) is 4.79 Å². The summed E-state index contributed by atoms with van der Waals surface area (Å²) in [5.41, 5.74) is -0.396. The number of carbonyl (C=O) groups excluding carboxylic acids is 1. The Hall–Kier alpha value is -2.77. The summed E-state index contributed by atoms with van der Waals surface area (Å²) in [6.45, 7) is -0.113. The van der Waals surface area contributed by atoms with Gasteiger partial charge in [-0.15, -0.1) is 0 Å². The van der Waals surface area contributed by atoms with Crippen molar-refractivity contribution in [3.05, 3.63) is 53.6 Å². The van der Waals surface area contributed by atoms with Gasteiger partial charge in [-0.1, -0.05) is 30.3 Å². The number of rotatable bonds is 4. The fourth-order valence-electron chi connectivity index (χ4n) is 1.66. The Balaban J connectivity index is 2.25. The van der Waals surface area contributed by atoms with Crippen molar-refractivity contribution in [3.63, 3.8) is 0 Å². The number of aromatic nitrogens is 1. The van der Waals surface area contributed by atoms with Gasteiger partial charge in [-0.2, -0.15) is 18.2 Å². The molecule has 0 amide bonds. The van der Waals surface area contributed by atoms with Gasteiger partial charge in [0.2, 0.25) is 11.8 Å². The SMILES string of the molecule is COC(=O)Oc1ccc(C(F)(F)F)c(OCc2ccccc2)n1. The summed E-state index contributed by atoms with van der Waals surface area (Å²) in [4.78, 5) is 14.6. The maximum Gasteiger partial charge on any atom is 0.514 e. The van der Waals surface area contributed by atoms with Crippen LogP contribution in [0.2, 0.25) is 0 Å². The fourth-order valence-corrected chi connectivity index (χ4v) is 1.66. The Morgan fingerprint density at radius 3 is 2.43 bits per heavy atom. The third kappa shape index (κ3) is 4.60. The third-order valence-corrected chi connectivity index (χ3v) is 2.71. The molecule has 1 heterocycles. The fraction of sp³-hybridized carbons (Fsp3) is 0.200. The van der Waals surface area contributed by atoms with E-state index < -0.39 is 23.8 Å². The van der Waals surface area contributed by atoms with Gasteiger partial charge in [0.15, 0.2) is 0 Å². The van der Waals surface area contributed by atoms with E-state index >= 15 is 0 Å². The largest absolute Gasteiger partial charge is 0.514 e. The Morgan fingerprint density at radius 1 is 1.13 bits per heavy atom. The molecule has 122 valence electrons. The van der Waals surface area contributed by atoms with Gasteiger partial charge in [0.1, 0.15) is 12.2 Å². The predicted octanol–water partition coefficient (Wildman–Crippen LogP) is 3.82. The van der Waals surface area contributed by atoms with E-state index in [0.29, 0.717) is 5.56 Å². The molecule has 0 saturated heterocycles. The highest BCUT2D eigenvalue weighted by molar-refractivity contribution is 5.62. The molecule has 8 heteroatoms. The molecule has 0 saturated carbocycles. The van der Waals surface area contributed by atoms with Crippen LogP contribution in [0.25, 0.3) is 0 Å². The normalized spacial score (nSPS) is 11.0. The second kappa shape index (κ2) is 6.99. The number of nitrogens with zero attached hydrogens (tertiary/aromatic N) is 1. The molecule has 0 spiro atoms. The predicted molar refractivity (Wildman–Crippen MR) is 73.0 cm³/mol. The number of ether oxygens (including phenoxy) is 3. The van der Waals surface area contributed by atoms with Crippen LogP contribution in [-0.2, 0) is 17.5 Å². The maximum absolute atomic E-state index is 13.0. The first-order valence-electron chi connectivity index (χ1n) is 6.41. The number of halogens is 3. The van der Waals surface area contributed by atoms with Gasteiger partial charge in [0, 0.05) is 6.07 Å². The highest BCUT2D eigenvalue weighted by atomic mass is 19.4. The van der Waals surface area contributed by atoms with Crippen molar-refractivity contribution in [3.8, 4) is 11.8 Å². The van der Waals surface area contributed by atoms with Crippen molar-refractivity contribution in [2.45, 2.75) is 12.8 Å². The zero-order chi connectivity index (χ0) is 16.9. The molecule has 5 nitrogen and oxygen atoms in total. The number of carbonyl (C=O) groups is 1. The quantitative estimate of drug-likeness (QED) is 0.799. The Labute approximate surface area is 129 Å². The first kappa shape index (κ1) is 16.6. The van der Waals surface area contributed by atoms with E-state index in [-0.39, 0.29) is 12.5 Å². The van der Waals surface area contributed by atoms with Gasteiger partial charge < -0.3 is 14.2 Å². The van der Waals surface area contributed by atoms with Gasteiger partial charge in [-0.3, -0.25) is 0 Å². The molecule has 23 heavy (non-hydrogen) atoms. The summed E-state index contributed by atoms with van der Waals surface area (Å²) < 4.78 is 52.9. The highest BCUT2D eigenvalue weighted by Crippen LogP contribution is 2.36. The summed E-state index contributed by atoms with van der Waals surface area (Å²) in [6, 6.07) is 10.3. The van der Waals surface area contributed by atoms with Crippen molar-refractivity contribution < 1.29 is 32.2 Å². The van der Waals surface area contributed by atoms with E-state index in [1.807, 2.05) is 0 Å². The molecule has 0 fully saturated rings. The zero-order valence-corrected chi connectivity index (χ0v) is 12.0. The summed E-state index contributed by atoms with van der Waals surface area (Å²) >= 11 is 0. The van der Waals surface area contributed by atoms with Crippen molar-refractivity contribution in [1.82, 2.24) is 4.98 Å². The Bertz CT molecular complexity index is 674. The van der Waals surface area contributed by atoms with Crippen LogP contribution in [-0.4, -0.2) is 18.2 Å². The first-order chi connectivity index (χ1) is 10.9. The molecule has 0 atom stereocenters. The van der Waals surface area contributed by atoms with Crippen LogP contribution in [0.1, 0.15) is 11.1 Å². The molecule has 2 rings (SSSR count). The number of hydrogen-bond donors (Lipinski definition) is 0. The first-order valence-corrected chi connectivity index (χ1v) is 6.41. The summed E-state index contributed by atoms with van der Waals surface area (Å²) in [5.74, 6) is -1.03. The summed E-state index contributed by atoms with van der Waals surface area (Å²) in [7, 11) is 1.07. The van der Waals surface area contributed by atoms with Crippen LogP contribution in [0.5, 0.6) is 11.8 Å². The smallest absolute Gasteiger partial charge is 0.472 e. The Kier molecular flexibility index (Phi) is 5.05. The van der Waals surface area contributed by atoms with Crippen LogP contribution >= 0.6 is 0 Å². The number of alkyl halides is 3. The molecule has 1 aromatic carbocycles. The monoisotopic (exact) mass is 327 g/mol. The van der Waals surface area contributed by atoms with Gasteiger partial charge in [-0.05, 0) is 11.6 Å². The molecular weight excluding hydrogens is 315 g/mol. The minimum atomic E-state index is -4.65. The third-order valence-electron chi connectivity index (χ3n) is 2.71. The molecule has 0 unspecified atom stereocenters. The molecule has 1 aromatic heterocycles. The van der Waals surface area contributed by atoms with Crippen LogP contribution in [0.4, 0.5) is 18.0 Å². The van der Waals surface area contributed by atoms with Gasteiger partial charge >= 0.3 is 12.3 Å². The molecule has 2 aromatic rings. The lowest BCUT2D eigenvalue weighted by atomic mass is 10.2. The lowest BCUT2D eigenvalue weighted by Crippen LogP contribution is -2.13. The van der Waals surface area contributed by atoms with Crippen LogP contribution in [0.3, 0.4) is 0 Å². The Morgan fingerprint density at radius 2 is 1.83 bits per heavy atom. The van der Waals surface area contributed by atoms with Gasteiger partial charge in [0.05, 0.1) is 7.11 Å². The topological polar surface area (TPSA) is 57.7 Å².